The summed E-state index contributed by atoms with van der Waals surface area (Å²) in [5.41, 5.74) is 25.0. The quantitative estimate of drug-likeness (QED) is 0.0368. The molecule has 0 spiro atoms. The molecule has 0 unspecified atom stereocenters. The van der Waals surface area contributed by atoms with Gasteiger partial charge in [0.25, 0.3) is 5.97 Å². The molecule has 22 heteroatoms. The van der Waals surface area contributed by atoms with Crippen LogP contribution in [0.5, 0.6) is 0 Å². The Balaban J connectivity index is 0.000000250. The second kappa shape index (κ2) is 37.5. The van der Waals surface area contributed by atoms with Gasteiger partial charge in [0.05, 0.1) is 7.11 Å². The molecule has 0 bridgehead atoms. The van der Waals surface area contributed by atoms with Crippen LogP contribution < -0.4 is 53.1 Å². The maximum absolute atomic E-state index is 12.4. The van der Waals surface area contributed by atoms with Crippen LogP contribution >= 0.6 is 11.6 Å². The summed E-state index contributed by atoms with van der Waals surface area (Å²) in [4.78, 5) is 59.2. The monoisotopic (exact) mass is 1370 g/mol. The number of nitrogens with one attached hydrogen (secondary N) is 1. The topological polar surface area (TPSA) is 181 Å². The number of aliphatic carboxylic acids is 1. The molecule has 12 rings (SSSR count). The molecule has 7 aliphatic rings. The van der Waals surface area contributed by atoms with Crippen molar-refractivity contribution < 1.29 is 119 Å². The van der Waals surface area contributed by atoms with Crippen molar-refractivity contribution in [2.45, 2.75) is 218 Å². The standard InChI is InChI=1S/2C18H25BNO2.C12H14BClNO.C11H15BN.C10H13BN.C3H6O2.C2H4O2.2Ar/c2*1-18(2)12-19-16-10-9-13(11-15(16)18)20(3)17(21)22-14-7-5-4-6-8-14;1-12(2)7-13-10-5-4-8(6-9(10)12)15(3)11(14)16;1-11(2)7-12-10-5-4-8(13-3)6-9(10)11;1-10(2)6-11-9-4-3-7(12)5-8(9)10;1-3(4)5-2;1-2(3)4;;/h2*9-11,14H,4-8,12H2,1-3H3;4-6H,7H2,1-3H3;4-6,13H,7H2,1-3H3;3-5H,6,12H2,1-2H3;1-2H3;1H3,(H,3,4);;. The van der Waals surface area contributed by atoms with Gasteiger partial charge >= 0.3 is 23.5 Å². The molecule has 5 radical (unpaired) electrons. The van der Waals surface area contributed by atoms with Crippen molar-refractivity contribution in [3.63, 3.8) is 0 Å². The summed E-state index contributed by atoms with van der Waals surface area (Å²) in [6.45, 7) is 25.0. The van der Waals surface area contributed by atoms with E-state index in [0.717, 1.165) is 87.0 Å². The molecule has 3 amide bonds. The normalized spacial score (nSPS) is 17.3. The number of halogens is 1. The van der Waals surface area contributed by atoms with Gasteiger partial charge < -0.3 is 35.3 Å². The summed E-state index contributed by atoms with van der Waals surface area (Å²) >= 11 is 5.46. The third-order valence-corrected chi connectivity index (χ3v) is 19.5. The van der Waals surface area contributed by atoms with Crippen LogP contribution in [0.2, 0.25) is 31.6 Å². The van der Waals surface area contributed by atoms with Crippen molar-refractivity contribution in [1.29, 1.82) is 0 Å². The van der Waals surface area contributed by atoms with Crippen LogP contribution in [0.15, 0.2) is 91.0 Å². The Hall–Kier alpha value is -4.22. The fraction of sp³-hybridized carbons (Fsp3) is 0.527. The van der Waals surface area contributed by atoms with E-state index in [-0.39, 0.29) is 128 Å². The second-order valence-electron chi connectivity index (χ2n) is 29.1. The van der Waals surface area contributed by atoms with Crippen molar-refractivity contribution in [3.8, 4) is 0 Å². The van der Waals surface area contributed by atoms with Gasteiger partial charge in [-0.05, 0) is 179 Å². The second-order valence-corrected chi connectivity index (χ2v) is 29.4. The summed E-state index contributed by atoms with van der Waals surface area (Å²) in [6, 6.07) is 31.3. The molecule has 4 N–H and O–H groups in total. The first kappa shape index (κ1) is 84.2. The van der Waals surface area contributed by atoms with Gasteiger partial charge in [-0.25, -0.2) is 9.59 Å². The van der Waals surface area contributed by atoms with E-state index in [0.29, 0.717) is 5.41 Å². The van der Waals surface area contributed by atoms with Gasteiger partial charge in [-0.1, -0.05) is 171 Å². The number of methoxy groups -OCH3 is 1. The number of hydrogen-bond donors (Lipinski definition) is 3. The zero-order valence-electron chi connectivity index (χ0n) is 60.0. The Bertz CT molecular complexity index is 3350. The molecule has 96 heavy (non-hydrogen) atoms. The molecule has 5 aromatic rings. The van der Waals surface area contributed by atoms with Gasteiger partial charge in [0, 0.05) is 146 Å². The zero-order chi connectivity index (χ0) is 69.5. The number of carboxylic acids is 1. The number of carbonyl (C=O) groups is 5. The van der Waals surface area contributed by atoms with E-state index in [1.54, 1.807) is 30.9 Å². The zero-order valence-corrected chi connectivity index (χ0v) is 62.2. The van der Waals surface area contributed by atoms with Crippen molar-refractivity contribution in [2.75, 3.05) is 61.1 Å². The number of nitrogen functional groups attached to an aromatic ring is 1. The average Bonchev–Trinajstić information content (AvgIpc) is 1.66. The van der Waals surface area contributed by atoms with E-state index >= 15 is 0 Å². The first-order chi connectivity index (χ1) is 44.1. The van der Waals surface area contributed by atoms with Gasteiger partial charge in [0.1, 0.15) is 12.2 Å². The minimum Gasteiger partial charge on any atom is -0.481 e. The number of rotatable bonds is 6. The number of nitrogens with two attached hydrogens (primary N) is 1. The van der Waals surface area contributed by atoms with Crippen molar-refractivity contribution in [1.82, 2.24) is 0 Å². The van der Waals surface area contributed by atoms with Crippen LogP contribution in [0, 0.1) is 75.5 Å². The molecule has 0 atom stereocenters. The summed E-state index contributed by atoms with van der Waals surface area (Å²) in [5, 5.41) is 10.1. The van der Waals surface area contributed by atoms with Crippen LogP contribution in [0.1, 0.15) is 175 Å². The summed E-state index contributed by atoms with van der Waals surface area (Å²) in [7, 11) is 20.0. The Labute approximate surface area is 643 Å². The van der Waals surface area contributed by atoms with Gasteiger partial charge in [0.2, 0.25) is 0 Å². The number of amides is 3. The molecular weight excluding hydrogens is 1270 g/mol. The van der Waals surface area contributed by atoms with Gasteiger partial charge in [-0.2, -0.15) is 0 Å². The number of ether oxygens (including phenoxy) is 3. The molecule has 5 aliphatic heterocycles. The van der Waals surface area contributed by atoms with Gasteiger partial charge in [0.15, 0.2) is 36.4 Å². The minimum atomic E-state index is -0.833. The Morgan fingerprint density at radius 2 is 0.750 bits per heavy atom. The van der Waals surface area contributed by atoms with Crippen molar-refractivity contribution in [3.05, 3.63) is 119 Å². The largest absolute Gasteiger partial charge is 0.481 e. The fourth-order valence-electron chi connectivity index (χ4n) is 12.9. The maximum atomic E-state index is 12.4. The number of esters is 1. The number of hydrogen-bond acceptors (Lipinski definition) is 10. The maximum Gasteiger partial charge on any atom is 0.414 e. The van der Waals surface area contributed by atoms with E-state index in [1.165, 1.54) is 118 Å². The summed E-state index contributed by atoms with van der Waals surface area (Å²) < 4.78 is 15.4. The van der Waals surface area contributed by atoms with Crippen molar-refractivity contribution in [2.24, 2.45) is 0 Å². The average molecular weight is 1380 g/mol. The van der Waals surface area contributed by atoms with Gasteiger partial charge in [-0.15, -0.1) is 0 Å². The molecule has 2 fully saturated rings. The third-order valence-electron chi connectivity index (χ3n) is 19.2. The number of benzene rings is 5. The molecule has 14 nitrogen and oxygen atoms in total. The molecule has 0 aromatic heterocycles. The molecule has 515 valence electrons. The SMILES string of the molecule is CC(=O)O.CC1(C)C[B]c2ccc(N)cc21.CN(C(=O)Cl)c1ccc2c(c1)C(C)(C)C[B]2.CN(C(=O)OC1CCCCC1)c1ccc2c(c1)C(C)(C)C[B]2.CN(C(=O)OC1CCCCC1)c1ccc2c(c1)C(C)(C)C[B]2.CNc1ccc2c(c1)C(C)(C)C[B]2.COC(C)=O.[Ar].[Ar]. The minimum absolute atomic E-state index is 0. The number of carboxylic acid groups (broad SMARTS) is 1. The molecule has 2 aliphatic carbocycles. The Morgan fingerprint density at radius 1 is 0.479 bits per heavy atom. The van der Waals surface area contributed by atoms with E-state index in [2.05, 4.69) is 182 Å². The number of anilines is 5. The molecule has 0 saturated heterocycles. The number of fused-ring (bicyclic) bond motifs is 5. The van der Waals surface area contributed by atoms with Crippen LogP contribution in [0.25, 0.3) is 0 Å². The molecule has 5 aromatic carbocycles. The van der Waals surface area contributed by atoms with Gasteiger partial charge in [-0.3, -0.25) is 24.2 Å². The van der Waals surface area contributed by atoms with Crippen LogP contribution in [-0.4, -0.2) is 119 Å². The van der Waals surface area contributed by atoms with E-state index in [1.807, 2.05) is 31.3 Å². The number of nitrogens with zero attached hydrogens (tertiary/aromatic N) is 3. The number of carbonyl (C=O) groups excluding carboxylic acids is 4. The first-order valence-electron chi connectivity index (χ1n) is 33.5. The fourth-order valence-corrected chi connectivity index (χ4v) is 13.0. The van der Waals surface area contributed by atoms with Crippen LogP contribution in [0.3, 0.4) is 0 Å². The predicted molar refractivity (Wildman–Crippen MR) is 396 cm³/mol. The molecule has 2 saturated carbocycles. The van der Waals surface area contributed by atoms with Crippen molar-refractivity contribution >= 4 is 133 Å². The first-order valence-corrected chi connectivity index (χ1v) is 33.9. The Morgan fingerprint density at radius 3 is 1.04 bits per heavy atom. The summed E-state index contributed by atoms with van der Waals surface area (Å²) in [5.74, 6) is -1.08. The predicted octanol–water partition coefficient (Wildman–Crippen LogP) is 13.1. The van der Waals surface area contributed by atoms with E-state index in [4.69, 9.17) is 36.7 Å². The van der Waals surface area contributed by atoms with Crippen LogP contribution in [-0.2, 0) is 50.9 Å². The summed E-state index contributed by atoms with van der Waals surface area (Å²) in [6.07, 6.45) is 16.4. The molecule has 5 heterocycles. The smallest absolute Gasteiger partial charge is 0.414 e. The Kier molecular flexibility index (Phi) is 32.9. The van der Waals surface area contributed by atoms with E-state index < -0.39 is 11.3 Å². The third kappa shape index (κ3) is 23.7. The van der Waals surface area contributed by atoms with E-state index in [9.17, 15) is 19.2 Å². The van der Waals surface area contributed by atoms with Crippen LogP contribution in [0.4, 0.5) is 42.8 Å². The molecular formula is C74H102Ar2B5ClN5O9.